The zero-order chi connectivity index (χ0) is 8.72. The molecule has 68 valence electrons. The highest BCUT2D eigenvalue weighted by Gasteiger charge is 2.48. The number of hydrogen-bond donors (Lipinski definition) is 0. The Morgan fingerprint density at radius 1 is 1.50 bits per heavy atom. The molecule has 0 aromatic heterocycles. The molecule has 2 fully saturated rings. The van der Waals surface area contributed by atoms with Gasteiger partial charge in [0.25, 0.3) is 0 Å². The highest BCUT2D eigenvalue weighted by molar-refractivity contribution is 9.09. The lowest BCUT2D eigenvalue weighted by molar-refractivity contribution is -0.148. The first-order valence-electron chi connectivity index (χ1n) is 4.50. The van der Waals surface area contributed by atoms with Gasteiger partial charge in [0, 0.05) is 17.7 Å². The number of fused-ring (bicyclic) bond motifs is 2. The van der Waals surface area contributed by atoms with E-state index in [-0.39, 0.29) is 12.1 Å². The third-order valence-corrected chi connectivity index (χ3v) is 4.49. The number of ether oxygens (including phenoxy) is 1. The van der Waals surface area contributed by atoms with Gasteiger partial charge < -0.3 is 4.74 Å². The van der Waals surface area contributed by atoms with Gasteiger partial charge in [0.05, 0.1) is 0 Å². The molecule has 0 radical (unpaired) electrons. The van der Waals surface area contributed by atoms with Crippen LogP contribution >= 0.6 is 15.9 Å². The van der Waals surface area contributed by atoms with Gasteiger partial charge >= 0.3 is 5.97 Å². The summed E-state index contributed by atoms with van der Waals surface area (Å²) in [6.45, 7) is 1.50. The summed E-state index contributed by atoms with van der Waals surface area (Å²) in [5.41, 5.74) is 0. The Labute approximate surface area is 80.8 Å². The number of alkyl halides is 1. The van der Waals surface area contributed by atoms with E-state index in [9.17, 15) is 4.79 Å². The lowest BCUT2D eigenvalue weighted by Crippen LogP contribution is -2.23. The Morgan fingerprint density at radius 2 is 2.25 bits per heavy atom. The van der Waals surface area contributed by atoms with E-state index in [1.54, 1.807) is 0 Å². The molecule has 0 saturated heterocycles. The van der Waals surface area contributed by atoms with Gasteiger partial charge in [0.15, 0.2) is 0 Å². The second kappa shape index (κ2) is 3.02. The third kappa shape index (κ3) is 1.28. The number of halogens is 1. The molecular formula is C9H13BrO2. The molecule has 0 unspecified atom stereocenters. The van der Waals surface area contributed by atoms with Crippen LogP contribution in [0.2, 0.25) is 0 Å². The van der Waals surface area contributed by atoms with Gasteiger partial charge in [0.2, 0.25) is 0 Å². The normalized spacial score (nSPS) is 44.8. The number of hydrogen-bond acceptors (Lipinski definition) is 2. The van der Waals surface area contributed by atoms with Crippen LogP contribution in [0.15, 0.2) is 0 Å². The van der Waals surface area contributed by atoms with Crippen molar-refractivity contribution in [2.45, 2.75) is 37.1 Å². The molecule has 0 aliphatic heterocycles. The van der Waals surface area contributed by atoms with Crippen molar-refractivity contribution in [3.63, 3.8) is 0 Å². The molecule has 2 aliphatic carbocycles. The SMILES string of the molecule is CC(=O)O[C@@H]1C[C@H]2CC[C@@H]1[C@@H]2Br. The maximum absolute atomic E-state index is 10.7. The molecule has 0 amide bonds. The van der Waals surface area contributed by atoms with Crippen molar-refractivity contribution in [1.82, 2.24) is 0 Å². The maximum atomic E-state index is 10.7. The monoisotopic (exact) mass is 232 g/mol. The van der Waals surface area contributed by atoms with Gasteiger partial charge in [-0.1, -0.05) is 15.9 Å². The summed E-state index contributed by atoms with van der Waals surface area (Å²) in [5.74, 6) is 1.20. The second-order valence-corrected chi connectivity index (χ2v) is 4.89. The number of carbonyl (C=O) groups excluding carboxylic acids is 1. The highest BCUT2D eigenvalue weighted by Crippen LogP contribution is 2.49. The smallest absolute Gasteiger partial charge is 0.302 e. The van der Waals surface area contributed by atoms with Gasteiger partial charge in [-0.25, -0.2) is 0 Å². The van der Waals surface area contributed by atoms with Crippen LogP contribution in [0, 0.1) is 11.8 Å². The third-order valence-electron chi connectivity index (χ3n) is 3.06. The van der Waals surface area contributed by atoms with Gasteiger partial charge in [-0.15, -0.1) is 0 Å². The lowest BCUT2D eigenvalue weighted by Gasteiger charge is -2.20. The standard InChI is InChI=1S/C9H13BrO2/c1-5(11)12-8-4-6-2-3-7(8)9(6)10/h6-9H,2-4H2,1H3/t6-,7+,8-,9-/m1/s1. The van der Waals surface area contributed by atoms with Crippen LogP contribution < -0.4 is 0 Å². The summed E-state index contributed by atoms with van der Waals surface area (Å²) in [5, 5.41) is 0. The van der Waals surface area contributed by atoms with Crippen LogP contribution in [-0.4, -0.2) is 16.9 Å². The zero-order valence-corrected chi connectivity index (χ0v) is 8.71. The maximum Gasteiger partial charge on any atom is 0.302 e. The average molecular weight is 233 g/mol. The van der Waals surface area contributed by atoms with Gasteiger partial charge in [-0.3, -0.25) is 4.79 Å². The van der Waals surface area contributed by atoms with E-state index in [1.807, 2.05) is 0 Å². The van der Waals surface area contributed by atoms with Crippen molar-refractivity contribution in [1.29, 1.82) is 0 Å². The molecule has 0 aromatic rings. The summed E-state index contributed by atoms with van der Waals surface area (Å²) >= 11 is 3.67. The Balaban J connectivity index is 1.99. The van der Waals surface area contributed by atoms with Crippen molar-refractivity contribution < 1.29 is 9.53 Å². The van der Waals surface area contributed by atoms with E-state index in [4.69, 9.17) is 4.74 Å². The summed E-state index contributed by atoms with van der Waals surface area (Å²) in [4.78, 5) is 11.3. The van der Waals surface area contributed by atoms with E-state index in [0.717, 1.165) is 12.3 Å². The highest BCUT2D eigenvalue weighted by atomic mass is 79.9. The van der Waals surface area contributed by atoms with E-state index < -0.39 is 0 Å². The van der Waals surface area contributed by atoms with Crippen LogP contribution in [0.4, 0.5) is 0 Å². The molecule has 0 heterocycles. The van der Waals surface area contributed by atoms with Crippen LogP contribution in [-0.2, 0) is 9.53 Å². The second-order valence-electron chi connectivity index (χ2n) is 3.83. The van der Waals surface area contributed by atoms with E-state index in [1.165, 1.54) is 19.8 Å². The molecule has 0 aromatic carbocycles. The fourth-order valence-corrected chi connectivity index (χ4v) is 3.62. The minimum Gasteiger partial charge on any atom is -0.462 e. The van der Waals surface area contributed by atoms with E-state index in [2.05, 4.69) is 15.9 Å². The molecular weight excluding hydrogens is 220 g/mol. The first-order valence-corrected chi connectivity index (χ1v) is 5.41. The number of rotatable bonds is 1. The molecule has 0 N–H and O–H groups in total. The van der Waals surface area contributed by atoms with Crippen molar-refractivity contribution in [3.8, 4) is 0 Å². The molecule has 4 atom stereocenters. The Bertz CT molecular complexity index is 205. The summed E-state index contributed by atoms with van der Waals surface area (Å²) in [7, 11) is 0. The van der Waals surface area contributed by atoms with Gasteiger partial charge in [-0.05, 0) is 25.2 Å². The molecule has 0 spiro atoms. The summed E-state index contributed by atoms with van der Waals surface area (Å²) in [6.07, 6.45) is 3.79. The molecule has 2 saturated carbocycles. The molecule has 2 aliphatic rings. The van der Waals surface area contributed by atoms with E-state index >= 15 is 0 Å². The van der Waals surface area contributed by atoms with Crippen molar-refractivity contribution in [3.05, 3.63) is 0 Å². The van der Waals surface area contributed by atoms with Crippen LogP contribution in [0.25, 0.3) is 0 Å². The van der Waals surface area contributed by atoms with Crippen LogP contribution in [0.5, 0.6) is 0 Å². The first-order chi connectivity index (χ1) is 5.68. The number of esters is 1. The Hall–Kier alpha value is -0.0500. The van der Waals surface area contributed by atoms with Crippen LogP contribution in [0.3, 0.4) is 0 Å². The topological polar surface area (TPSA) is 26.3 Å². The summed E-state index contributed by atoms with van der Waals surface area (Å²) in [6, 6.07) is 0. The predicted octanol–water partition coefficient (Wildman–Crippen LogP) is 2.11. The Kier molecular flexibility index (Phi) is 2.15. The fraction of sp³-hybridized carbons (Fsp3) is 0.889. The minimum absolute atomic E-state index is 0.132. The summed E-state index contributed by atoms with van der Waals surface area (Å²) < 4.78 is 5.25. The Morgan fingerprint density at radius 3 is 2.67 bits per heavy atom. The quantitative estimate of drug-likeness (QED) is 0.512. The first kappa shape index (κ1) is 8.54. The van der Waals surface area contributed by atoms with Crippen molar-refractivity contribution in [2.24, 2.45) is 11.8 Å². The molecule has 3 heteroatoms. The lowest BCUT2D eigenvalue weighted by atomic mass is 9.98. The minimum atomic E-state index is -0.132. The van der Waals surface area contributed by atoms with Crippen molar-refractivity contribution >= 4 is 21.9 Å². The average Bonchev–Trinajstić information content (AvgIpc) is 2.44. The molecule has 12 heavy (non-hydrogen) atoms. The molecule has 2 rings (SSSR count). The van der Waals surface area contributed by atoms with Gasteiger partial charge in [0.1, 0.15) is 6.10 Å². The van der Waals surface area contributed by atoms with E-state index in [0.29, 0.717) is 10.7 Å². The molecule has 2 bridgehead atoms. The van der Waals surface area contributed by atoms with Crippen LogP contribution in [0.1, 0.15) is 26.2 Å². The fourth-order valence-electron chi connectivity index (χ4n) is 2.54. The largest absolute Gasteiger partial charge is 0.462 e. The zero-order valence-electron chi connectivity index (χ0n) is 7.13. The van der Waals surface area contributed by atoms with Crippen molar-refractivity contribution in [2.75, 3.05) is 0 Å². The molecule has 2 nitrogen and oxygen atoms in total. The number of carbonyl (C=O) groups is 1. The predicted molar refractivity (Wildman–Crippen MR) is 49.1 cm³/mol. The van der Waals surface area contributed by atoms with Gasteiger partial charge in [-0.2, -0.15) is 0 Å².